The van der Waals surface area contributed by atoms with Crippen LogP contribution in [0.2, 0.25) is 0 Å². The Morgan fingerprint density at radius 3 is 2.41 bits per heavy atom. The van der Waals surface area contributed by atoms with Crippen LogP contribution in [0.5, 0.6) is 0 Å². The van der Waals surface area contributed by atoms with E-state index in [1.54, 1.807) is 18.2 Å². The third-order valence-electron chi connectivity index (χ3n) is 4.63. The number of aromatic nitrogens is 2. The van der Waals surface area contributed by atoms with Crippen LogP contribution < -0.4 is 11.1 Å². The Morgan fingerprint density at radius 2 is 1.66 bits per heavy atom. The number of fused-ring (bicyclic) bond motifs is 1. The number of carbonyl (C=O) groups excluding carboxylic acids is 1. The summed E-state index contributed by atoms with van der Waals surface area (Å²) in [5, 5.41) is 2.87. The predicted octanol–water partition coefficient (Wildman–Crippen LogP) is 5.43. The van der Waals surface area contributed by atoms with Crippen molar-refractivity contribution < 1.29 is 26.7 Å². The van der Waals surface area contributed by atoms with Crippen molar-refractivity contribution in [1.29, 1.82) is 0 Å². The third-order valence-corrected chi connectivity index (χ3v) is 4.63. The number of benzene rings is 3. The van der Waals surface area contributed by atoms with Crippen LogP contribution in [0.15, 0.2) is 60.8 Å². The van der Waals surface area contributed by atoms with Crippen LogP contribution in [0, 0.1) is 11.6 Å². The highest BCUT2D eigenvalue weighted by Crippen LogP contribution is 2.31. The van der Waals surface area contributed by atoms with Gasteiger partial charge in [-0.1, -0.05) is 12.1 Å². The van der Waals surface area contributed by atoms with Gasteiger partial charge in [0.05, 0.1) is 16.8 Å². The van der Waals surface area contributed by atoms with Gasteiger partial charge in [0.25, 0.3) is 5.91 Å². The maximum absolute atomic E-state index is 14.3. The van der Waals surface area contributed by atoms with Crippen molar-refractivity contribution in [3.8, 4) is 11.1 Å². The van der Waals surface area contributed by atoms with E-state index in [0.717, 1.165) is 6.07 Å². The van der Waals surface area contributed by atoms with Crippen LogP contribution in [0.4, 0.5) is 33.6 Å². The van der Waals surface area contributed by atoms with Crippen molar-refractivity contribution in [2.24, 2.45) is 0 Å². The number of carbonyl (C=O) groups is 1. The van der Waals surface area contributed by atoms with Gasteiger partial charge in [-0.25, -0.2) is 18.7 Å². The monoisotopic (exact) mass is 444 g/mol. The number of nitrogens with two attached hydrogens (primary N) is 1. The van der Waals surface area contributed by atoms with E-state index in [9.17, 15) is 26.7 Å². The Labute approximate surface area is 177 Å². The molecule has 162 valence electrons. The van der Waals surface area contributed by atoms with Gasteiger partial charge in [-0.05, 0) is 53.6 Å². The Bertz CT molecular complexity index is 1350. The molecule has 3 N–H and O–H groups in total. The highest BCUT2D eigenvalue weighted by molar-refractivity contribution is 6.04. The molecule has 0 aliphatic carbocycles. The fourth-order valence-corrected chi connectivity index (χ4v) is 3.11. The Kier molecular flexibility index (Phi) is 5.21. The number of nitrogens with zero attached hydrogens (tertiary/aromatic N) is 2. The number of alkyl halides is 3. The summed E-state index contributed by atoms with van der Waals surface area (Å²) in [6.07, 6.45) is -3.32. The van der Waals surface area contributed by atoms with Gasteiger partial charge in [0.15, 0.2) is 0 Å². The zero-order valence-electron chi connectivity index (χ0n) is 16.0. The second-order valence-electron chi connectivity index (χ2n) is 6.88. The summed E-state index contributed by atoms with van der Waals surface area (Å²) in [4.78, 5) is 20.4. The lowest BCUT2D eigenvalue weighted by Gasteiger charge is -2.12. The first kappa shape index (κ1) is 21.2. The molecule has 32 heavy (non-hydrogen) atoms. The van der Waals surface area contributed by atoms with E-state index < -0.39 is 34.8 Å². The smallest absolute Gasteiger partial charge is 0.368 e. The zero-order chi connectivity index (χ0) is 23.0. The first-order chi connectivity index (χ1) is 15.1. The highest BCUT2D eigenvalue weighted by atomic mass is 19.4. The van der Waals surface area contributed by atoms with E-state index in [-0.39, 0.29) is 17.7 Å². The van der Waals surface area contributed by atoms with Crippen LogP contribution in [-0.2, 0) is 6.18 Å². The number of hydrogen-bond donors (Lipinski definition) is 2. The average Bonchev–Trinajstić information content (AvgIpc) is 2.74. The molecule has 0 atom stereocenters. The number of anilines is 2. The van der Waals surface area contributed by atoms with Crippen LogP contribution >= 0.6 is 0 Å². The van der Waals surface area contributed by atoms with Crippen molar-refractivity contribution in [3.63, 3.8) is 0 Å². The molecule has 0 bridgehead atoms. The molecule has 0 radical (unpaired) electrons. The molecule has 1 heterocycles. The molecule has 10 heteroatoms. The summed E-state index contributed by atoms with van der Waals surface area (Å²) < 4.78 is 66.6. The SMILES string of the molecule is Nc1ncc2cc(-c3ccc(F)c(NC(=O)c4cc(F)cc(C(F)(F)F)c4)c3)ccc2n1. The quantitative estimate of drug-likeness (QED) is 0.413. The van der Waals surface area contributed by atoms with Crippen molar-refractivity contribution in [3.05, 3.63) is 83.6 Å². The van der Waals surface area contributed by atoms with Crippen molar-refractivity contribution in [2.75, 3.05) is 11.1 Å². The zero-order valence-corrected chi connectivity index (χ0v) is 16.0. The fraction of sp³-hybridized carbons (Fsp3) is 0.0455. The van der Waals surface area contributed by atoms with Gasteiger partial charge in [0.2, 0.25) is 5.95 Å². The summed E-state index contributed by atoms with van der Waals surface area (Å²) in [6.45, 7) is 0. The van der Waals surface area contributed by atoms with Crippen LogP contribution in [0.1, 0.15) is 15.9 Å². The Morgan fingerprint density at radius 1 is 0.938 bits per heavy atom. The van der Waals surface area contributed by atoms with Crippen molar-refractivity contribution >= 4 is 28.4 Å². The molecule has 3 aromatic carbocycles. The lowest BCUT2D eigenvalue weighted by Crippen LogP contribution is -2.15. The maximum Gasteiger partial charge on any atom is 0.416 e. The lowest BCUT2D eigenvalue weighted by molar-refractivity contribution is -0.137. The van der Waals surface area contributed by atoms with Crippen molar-refractivity contribution in [2.45, 2.75) is 6.18 Å². The number of hydrogen-bond acceptors (Lipinski definition) is 4. The molecule has 0 spiro atoms. The molecule has 4 rings (SSSR count). The van der Waals surface area contributed by atoms with E-state index >= 15 is 0 Å². The van der Waals surface area contributed by atoms with Gasteiger partial charge in [0, 0.05) is 17.1 Å². The van der Waals surface area contributed by atoms with Gasteiger partial charge in [-0.15, -0.1) is 0 Å². The largest absolute Gasteiger partial charge is 0.416 e. The first-order valence-electron chi connectivity index (χ1n) is 9.11. The van der Waals surface area contributed by atoms with Gasteiger partial charge in [-0.3, -0.25) is 4.79 Å². The van der Waals surface area contributed by atoms with E-state index in [0.29, 0.717) is 34.2 Å². The molecule has 5 nitrogen and oxygen atoms in total. The highest BCUT2D eigenvalue weighted by Gasteiger charge is 2.32. The van der Waals surface area contributed by atoms with E-state index in [2.05, 4.69) is 15.3 Å². The molecular formula is C22H13F5N4O. The Balaban J connectivity index is 1.66. The van der Waals surface area contributed by atoms with E-state index in [1.165, 1.54) is 18.3 Å². The normalized spacial score (nSPS) is 11.5. The van der Waals surface area contributed by atoms with Crippen LogP contribution in [0.25, 0.3) is 22.0 Å². The number of nitrogen functional groups attached to an aromatic ring is 1. The molecule has 0 aliphatic heterocycles. The predicted molar refractivity (Wildman–Crippen MR) is 109 cm³/mol. The number of nitrogens with one attached hydrogen (secondary N) is 1. The molecular weight excluding hydrogens is 431 g/mol. The minimum absolute atomic E-state index is 0.114. The summed E-state index contributed by atoms with van der Waals surface area (Å²) in [5.41, 5.74) is 5.11. The van der Waals surface area contributed by atoms with Gasteiger partial charge in [0.1, 0.15) is 11.6 Å². The number of halogens is 5. The summed E-state index contributed by atoms with van der Waals surface area (Å²) >= 11 is 0. The Hall–Kier alpha value is -4.08. The minimum Gasteiger partial charge on any atom is -0.368 e. The molecule has 0 unspecified atom stereocenters. The summed E-state index contributed by atoms with van der Waals surface area (Å²) in [7, 11) is 0. The maximum atomic E-state index is 14.3. The molecule has 1 amide bonds. The number of amides is 1. The first-order valence-corrected chi connectivity index (χ1v) is 9.11. The van der Waals surface area contributed by atoms with Gasteiger partial charge in [-0.2, -0.15) is 13.2 Å². The molecule has 0 saturated heterocycles. The standard InChI is InChI=1S/C22H13F5N4O/c23-16-7-13(6-15(9-16)22(25,26)27)20(32)30-19-8-12(1-3-17(19)24)11-2-4-18-14(5-11)10-29-21(28)31-18/h1-10H,(H,30,32)(H2,28,29,31). The average molecular weight is 444 g/mol. The molecule has 1 aromatic heterocycles. The molecule has 0 fully saturated rings. The summed E-state index contributed by atoms with van der Waals surface area (Å²) in [6, 6.07) is 10.4. The third kappa shape index (κ3) is 4.34. The second kappa shape index (κ2) is 7.88. The van der Waals surface area contributed by atoms with E-state index in [1.807, 2.05) is 0 Å². The molecule has 0 aliphatic rings. The fourth-order valence-electron chi connectivity index (χ4n) is 3.11. The van der Waals surface area contributed by atoms with Crippen molar-refractivity contribution in [1.82, 2.24) is 9.97 Å². The molecule has 0 saturated carbocycles. The lowest BCUT2D eigenvalue weighted by atomic mass is 10.0. The van der Waals surface area contributed by atoms with Crippen LogP contribution in [0.3, 0.4) is 0 Å². The van der Waals surface area contributed by atoms with Crippen LogP contribution in [-0.4, -0.2) is 15.9 Å². The van der Waals surface area contributed by atoms with Gasteiger partial charge >= 0.3 is 6.18 Å². The summed E-state index contributed by atoms with van der Waals surface area (Å²) in [5.74, 6) is -3.03. The topological polar surface area (TPSA) is 80.9 Å². The number of rotatable bonds is 3. The van der Waals surface area contributed by atoms with Gasteiger partial charge < -0.3 is 11.1 Å². The molecule has 4 aromatic rings. The minimum atomic E-state index is -4.84. The second-order valence-corrected chi connectivity index (χ2v) is 6.88. The van der Waals surface area contributed by atoms with E-state index in [4.69, 9.17) is 5.73 Å².